The number of nitrogens with one attached hydrogen (secondary N) is 2. The number of nitrogens with zero attached hydrogens (tertiary/aromatic N) is 1. The normalized spacial score (nSPS) is 22.1. The zero-order chi connectivity index (χ0) is 23.4. The number of carbonyl (C=O) groups is 2. The van der Waals surface area contributed by atoms with Gasteiger partial charge in [-0.2, -0.15) is 0 Å². The van der Waals surface area contributed by atoms with Crippen LogP contribution >= 0.6 is 23.2 Å². The first-order valence-corrected chi connectivity index (χ1v) is 12.1. The summed E-state index contributed by atoms with van der Waals surface area (Å²) in [5.41, 5.74) is 1.63. The Morgan fingerprint density at radius 1 is 1.03 bits per heavy atom. The van der Waals surface area contributed by atoms with Crippen molar-refractivity contribution in [2.45, 2.75) is 56.8 Å². The number of ether oxygens (including phenoxy) is 1. The molecule has 2 N–H and O–H groups in total. The smallest absolute Gasteiger partial charge is 0.254 e. The molecule has 33 heavy (non-hydrogen) atoms. The Hall–Kier alpha value is -2.28. The molecule has 2 bridgehead atoms. The van der Waals surface area contributed by atoms with Crippen molar-refractivity contribution in [2.24, 2.45) is 0 Å². The third-order valence-electron chi connectivity index (χ3n) is 6.53. The number of piperidine rings is 1. The molecule has 176 valence electrons. The monoisotopic (exact) mass is 489 g/mol. The van der Waals surface area contributed by atoms with E-state index in [2.05, 4.69) is 27.7 Å². The molecule has 2 amide bonds. The van der Waals surface area contributed by atoms with Crippen LogP contribution in [0.1, 0.15) is 48.0 Å². The van der Waals surface area contributed by atoms with Gasteiger partial charge in [0.2, 0.25) is 5.91 Å². The van der Waals surface area contributed by atoms with Crippen LogP contribution in [0.5, 0.6) is 5.75 Å². The van der Waals surface area contributed by atoms with Gasteiger partial charge in [0.05, 0.1) is 18.6 Å². The highest BCUT2D eigenvalue weighted by Crippen LogP contribution is 2.37. The fourth-order valence-electron chi connectivity index (χ4n) is 4.94. The minimum Gasteiger partial charge on any atom is -0.492 e. The van der Waals surface area contributed by atoms with E-state index in [-0.39, 0.29) is 30.9 Å². The van der Waals surface area contributed by atoms with E-state index < -0.39 is 0 Å². The van der Waals surface area contributed by atoms with Crippen LogP contribution in [0.2, 0.25) is 10.0 Å². The van der Waals surface area contributed by atoms with Crippen molar-refractivity contribution in [3.05, 3.63) is 63.6 Å². The SMILES string of the molecule is CNC(=O)c1cc(Cl)ccc1OCCC(=O)NC1CC2CCC(C1)N2Cc1ccc(Cl)cc1. The predicted molar refractivity (Wildman–Crippen MR) is 130 cm³/mol. The third kappa shape index (κ3) is 5.99. The van der Waals surface area contributed by atoms with Gasteiger partial charge in [0.15, 0.2) is 0 Å². The fourth-order valence-corrected chi connectivity index (χ4v) is 5.24. The minimum atomic E-state index is -0.280. The third-order valence-corrected chi connectivity index (χ3v) is 7.01. The molecule has 2 fully saturated rings. The maximum absolute atomic E-state index is 12.6. The van der Waals surface area contributed by atoms with Gasteiger partial charge in [0.1, 0.15) is 5.75 Å². The molecular formula is C25H29Cl2N3O3. The van der Waals surface area contributed by atoms with Crippen LogP contribution in [0, 0.1) is 0 Å². The molecule has 0 spiro atoms. The Balaban J connectivity index is 1.25. The second-order valence-electron chi connectivity index (χ2n) is 8.74. The number of fused-ring (bicyclic) bond motifs is 2. The molecular weight excluding hydrogens is 461 g/mol. The van der Waals surface area contributed by atoms with Crippen molar-refractivity contribution in [3.8, 4) is 5.75 Å². The van der Waals surface area contributed by atoms with Gasteiger partial charge in [-0.1, -0.05) is 35.3 Å². The van der Waals surface area contributed by atoms with Crippen molar-refractivity contribution in [1.29, 1.82) is 0 Å². The Bertz CT molecular complexity index is 985. The molecule has 4 rings (SSSR count). The summed E-state index contributed by atoms with van der Waals surface area (Å²) in [6, 6.07) is 14.1. The molecule has 2 unspecified atom stereocenters. The first kappa shape index (κ1) is 23.9. The topological polar surface area (TPSA) is 70.7 Å². The van der Waals surface area contributed by atoms with Crippen LogP contribution in [-0.2, 0) is 11.3 Å². The van der Waals surface area contributed by atoms with Gasteiger partial charge >= 0.3 is 0 Å². The summed E-state index contributed by atoms with van der Waals surface area (Å²) in [7, 11) is 1.55. The van der Waals surface area contributed by atoms with Crippen molar-refractivity contribution in [3.63, 3.8) is 0 Å². The Kier molecular flexibility index (Phi) is 7.78. The second kappa shape index (κ2) is 10.8. The van der Waals surface area contributed by atoms with E-state index in [1.54, 1.807) is 25.2 Å². The molecule has 0 aromatic heterocycles. The predicted octanol–water partition coefficient (Wildman–Crippen LogP) is 4.43. The van der Waals surface area contributed by atoms with E-state index in [0.717, 1.165) is 24.4 Å². The van der Waals surface area contributed by atoms with Gasteiger partial charge in [0, 0.05) is 41.8 Å². The molecule has 2 heterocycles. The molecule has 2 aliphatic heterocycles. The van der Waals surface area contributed by atoms with Crippen LogP contribution in [0.4, 0.5) is 0 Å². The van der Waals surface area contributed by atoms with E-state index >= 15 is 0 Å². The van der Waals surface area contributed by atoms with Crippen molar-refractivity contribution in [1.82, 2.24) is 15.5 Å². The highest BCUT2D eigenvalue weighted by molar-refractivity contribution is 6.31. The maximum atomic E-state index is 12.6. The Morgan fingerprint density at radius 2 is 1.70 bits per heavy atom. The van der Waals surface area contributed by atoms with Gasteiger partial charge in [-0.25, -0.2) is 0 Å². The van der Waals surface area contributed by atoms with Crippen LogP contribution in [0.25, 0.3) is 0 Å². The summed E-state index contributed by atoms with van der Waals surface area (Å²) >= 11 is 12.0. The van der Waals surface area contributed by atoms with Gasteiger partial charge in [-0.3, -0.25) is 14.5 Å². The Labute approximate surface area is 204 Å². The van der Waals surface area contributed by atoms with Crippen molar-refractivity contribution < 1.29 is 14.3 Å². The van der Waals surface area contributed by atoms with Gasteiger partial charge in [-0.05, 0) is 61.6 Å². The van der Waals surface area contributed by atoms with Crippen LogP contribution in [0.15, 0.2) is 42.5 Å². The van der Waals surface area contributed by atoms with Gasteiger partial charge < -0.3 is 15.4 Å². The minimum absolute atomic E-state index is 0.0268. The van der Waals surface area contributed by atoms with E-state index in [1.165, 1.54) is 18.4 Å². The number of hydrogen-bond donors (Lipinski definition) is 2. The zero-order valence-corrected chi connectivity index (χ0v) is 20.2. The van der Waals surface area contributed by atoms with Gasteiger partial charge in [-0.15, -0.1) is 0 Å². The zero-order valence-electron chi connectivity index (χ0n) is 18.7. The van der Waals surface area contributed by atoms with Crippen LogP contribution < -0.4 is 15.4 Å². The lowest BCUT2D eigenvalue weighted by molar-refractivity contribution is -0.122. The summed E-state index contributed by atoms with van der Waals surface area (Å²) in [6.07, 6.45) is 4.51. The molecule has 2 aromatic rings. The average Bonchev–Trinajstić information content (AvgIpc) is 3.02. The lowest BCUT2D eigenvalue weighted by Gasteiger charge is -2.39. The number of amides is 2. The Morgan fingerprint density at radius 3 is 2.36 bits per heavy atom. The molecule has 0 aliphatic carbocycles. The van der Waals surface area contributed by atoms with Crippen molar-refractivity contribution in [2.75, 3.05) is 13.7 Å². The fraction of sp³-hybridized carbons (Fsp3) is 0.440. The van der Waals surface area contributed by atoms with Gasteiger partial charge in [0.25, 0.3) is 5.91 Å². The summed E-state index contributed by atoms with van der Waals surface area (Å²) in [4.78, 5) is 27.2. The molecule has 2 saturated heterocycles. The van der Waals surface area contributed by atoms with Crippen molar-refractivity contribution >= 4 is 35.0 Å². The summed E-state index contributed by atoms with van der Waals surface area (Å²) in [5, 5.41) is 6.97. The maximum Gasteiger partial charge on any atom is 0.254 e. The number of halogens is 2. The van der Waals surface area contributed by atoms with E-state index in [1.807, 2.05) is 12.1 Å². The number of carbonyl (C=O) groups excluding carboxylic acids is 2. The molecule has 0 saturated carbocycles. The standard InChI is InChI=1S/C25H29Cl2N3O3/c1-28-25(32)22-12-18(27)6-9-23(22)33-11-10-24(31)29-19-13-20-7-8-21(14-19)30(20)15-16-2-4-17(26)5-3-16/h2-6,9,12,19-21H,7-8,10-11,13-15H2,1H3,(H,28,32)(H,29,31). The highest BCUT2D eigenvalue weighted by Gasteiger charge is 2.40. The number of benzene rings is 2. The average molecular weight is 490 g/mol. The first-order chi connectivity index (χ1) is 15.9. The van der Waals surface area contributed by atoms with Crippen LogP contribution in [-0.4, -0.2) is 48.5 Å². The molecule has 2 aromatic carbocycles. The van der Waals surface area contributed by atoms with Crippen LogP contribution in [0.3, 0.4) is 0 Å². The van der Waals surface area contributed by atoms with E-state index in [0.29, 0.717) is 28.4 Å². The molecule has 8 heteroatoms. The lowest BCUT2D eigenvalue weighted by atomic mass is 9.96. The molecule has 6 nitrogen and oxygen atoms in total. The largest absolute Gasteiger partial charge is 0.492 e. The quantitative estimate of drug-likeness (QED) is 0.575. The lowest BCUT2D eigenvalue weighted by Crippen LogP contribution is -2.50. The number of hydrogen-bond acceptors (Lipinski definition) is 4. The first-order valence-electron chi connectivity index (χ1n) is 11.4. The summed E-state index contributed by atoms with van der Waals surface area (Å²) in [5.74, 6) is 0.110. The second-order valence-corrected chi connectivity index (χ2v) is 9.61. The molecule has 0 radical (unpaired) electrons. The molecule has 2 aliphatic rings. The summed E-state index contributed by atoms with van der Waals surface area (Å²) < 4.78 is 5.72. The summed E-state index contributed by atoms with van der Waals surface area (Å²) in [6.45, 7) is 1.12. The number of rotatable bonds is 8. The van der Waals surface area contributed by atoms with E-state index in [9.17, 15) is 9.59 Å². The highest BCUT2D eigenvalue weighted by atomic mass is 35.5. The molecule has 2 atom stereocenters. The van der Waals surface area contributed by atoms with E-state index in [4.69, 9.17) is 27.9 Å².